The molecule has 2 N–H and O–H groups in total. The molecule has 0 aliphatic rings. The van der Waals surface area contributed by atoms with E-state index in [9.17, 15) is 5.11 Å². The van der Waals surface area contributed by atoms with E-state index in [1.807, 2.05) is 24.4 Å². The molecule has 30 heavy (non-hydrogen) atoms. The van der Waals surface area contributed by atoms with Gasteiger partial charge in [0.15, 0.2) is 0 Å². The van der Waals surface area contributed by atoms with Crippen molar-refractivity contribution in [3.8, 4) is 16.2 Å². The zero-order valence-corrected chi connectivity index (χ0v) is 17.9. The number of fused-ring (bicyclic) bond motifs is 1. The Morgan fingerprint density at radius 3 is 2.80 bits per heavy atom. The second-order valence-corrected chi connectivity index (χ2v) is 8.34. The lowest BCUT2D eigenvalue weighted by Crippen LogP contribution is -2.22. The molecule has 2 heterocycles. The van der Waals surface area contributed by atoms with E-state index in [0.29, 0.717) is 0 Å². The average Bonchev–Trinajstić information content (AvgIpc) is 3.18. The molecule has 0 saturated heterocycles. The van der Waals surface area contributed by atoms with E-state index >= 15 is 0 Å². The number of nitrogens with zero attached hydrogens (tertiary/aromatic N) is 2. The number of nitrogens with one attached hydrogen (secondary N) is 1. The number of benzene rings is 2. The van der Waals surface area contributed by atoms with Gasteiger partial charge in [-0.25, -0.2) is 0 Å². The van der Waals surface area contributed by atoms with E-state index in [1.165, 1.54) is 16.0 Å². The van der Waals surface area contributed by atoms with Crippen molar-refractivity contribution in [3.63, 3.8) is 0 Å². The normalized spacial score (nSPS) is 11.3. The van der Waals surface area contributed by atoms with Gasteiger partial charge in [0.25, 0.3) is 0 Å². The first-order chi connectivity index (χ1) is 14.6. The molecule has 0 unspecified atom stereocenters. The maximum Gasteiger partial charge on any atom is 0.117 e. The molecule has 0 fully saturated rings. The monoisotopic (exact) mass is 419 g/mol. The fourth-order valence-electron chi connectivity index (χ4n) is 3.38. The molecule has 0 amide bonds. The van der Waals surface area contributed by atoms with Crippen molar-refractivity contribution in [1.82, 2.24) is 9.88 Å². The molecule has 0 bridgehead atoms. The van der Waals surface area contributed by atoms with Crippen molar-refractivity contribution in [2.24, 2.45) is 0 Å². The average molecular weight is 420 g/mol. The van der Waals surface area contributed by atoms with E-state index in [4.69, 9.17) is 4.74 Å². The fourth-order valence-corrected chi connectivity index (χ4v) is 4.46. The van der Waals surface area contributed by atoms with Crippen LogP contribution in [-0.2, 0) is 11.3 Å². The highest BCUT2D eigenvalue weighted by Crippen LogP contribution is 2.38. The molecular formula is C24H25N3O2S. The summed E-state index contributed by atoms with van der Waals surface area (Å²) >= 11 is 1.72. The summed E-state index contributed by atoms with van der Waals surface area (Å²) < 4.78 is 6.27. The zero-order chi connectivity index (χ0) is 20.9. The number of methoxy groups -OCH3 is 1. The third-order valence-electron chi connectivity index (χ3n) is 4.88. The predicted molar refractivity (Wildman–Crippen MR) is 125 cm³/mol. The molecule has 2 aromatic heterocycles. The number of aromatic hydroxyl groups is 1. The largest absolute Gasteiger partial charge is 0.508 e. The van der Waals surface area contributed by atoms with Gasteiger partial charge in [-0.05, 0) is 48.5 Å². The van der Waals surface area contributed by atoms with Crippen molar-refractivity contribution >= 4 is 32.9 Å². The number of anilines is 2. The highest BCUT2D eigenvalue weighted by atomic mass is 32.1. The molecular weight excluding hydrogens is 394 g/mol. The van der Waals surface area contributed by atoms with Crippen molar-refractivity contribution in [2.45, 2.75) is 6.54 Å². The maximum atomic E-state index is 9.73. The van der Waals surface area contributed by atoms with Crippen LogP contribution in [0.25, 0.3) is 20.7 Å². The Labute approximate surface area is 180 Å². The van der Waals surface area contributed by atoms with E-state index in [0.717, 1.165) is 41.3 Å². The number of likely N-dealkylation sites (N-methyl/N-ethyl adjacent to an activating group) is 1. The summed E-state index contributed by atoms with van der Waals surface area (Å²) in [6, 6.07) is 19.9. The van der Waals surface area contributed by atoms with Crippen molar-refractivity contribution in [2.75, 3.05) is 32.6 Å². The van der Waals surface area contributed by atoms with Gasteiger partial charge >= 0.3 is 0 Å². The molecule has 2 aromatic carbocycles. The van der Waals surface area contributed by atoms with Gasteiger partial charge in [0, 0.05) is 43.0 Å². The summed E-state index contributed by atoms with van der Waals surface area (Å²) in [5.41, 5.74) is 5.26. The van der Waals surface area contributed by atoms with Crippen LogP contribution >= 0.6 is 11.3 Å². The topological polar surface area (TPSA) is 57.6 Å². The van der Waals surface area contributed by atoms with Crippen molar-refractivity contribution in [3.05, 3.63) is 72.4 Å². The molecule has 0 aliphatic heterocycles. The number of pyridine rings is 1. The summed E-state index contributed by atoms with van der Waals surface area (Å²) in [5, 5.41) is 13.1. The third-order valence-corrected chi connectivity index (χ3v) is 6.08. The first-order valence-electron chi connectivity index (χ1n) is 9.84. The van der Waals surface area contributed by atoms with Crippen LogP contribution in [-0.4, -0.2) is 42.3 Å². The number of phenols is 1. The molecule has 0 saturated carbocycles. The highest BCUT2D eigenvalue weighted by Gasteiger charge is 2.11. The highest BCUT2D eigenvalue weighted by molar-refractivity contribution is 7.22. The standard InChI is InChI=1S/C24H25N3O2S/c1-27(11-12-29-2)16-17-5-3-6-18(13-17)23-15-22-24(30-23)21(9-10-25-22)26-19-7-4-8-20(28)14-19/h3-10,13-15,28H,11-12,16H2,1-2H3,(H,25,26). The van der Waals surface area contributed by atoms with Crippen molar-refractivity contribution < 1.29 is 9.84 Å². The van der Waals surface area contributed by atoms with Crippen LogP contribution in [0.1, 0.15) is 5.56 Å². The Balaban J connectivity index is 1.60. The Morgan fingerprint density at radius 2 is 1.97 bits per heavy atom. The molecule has 0 aliphatic carbocycles. The fraction of sp³-hybridized carbons (Fsp3) is 0.208. The number of hydrogen-bond acceptors (Lipinski definition) is 6. The quantitative estimate of drug-likeness (QED) is 0.395. The summed E-state index contributed by atoms with van der Waals surface area (Å²) in [6.45, 7) is 2.51. The smallest absolute Gasteiger partial charge is 0.117 e. The summed E-state index contributed by atoms with van der Waals surface area (Å²) in [6.07, 6.45) is 1.81. The molecule has 5 nitrogen and oxygen atoms in total. The van der Waals surface area contributed by atoms with Gasteiger partial charge in [-0.15, -0.1) is 11.3 Å². The van der Waals surface area contributed by atoms with Crippen molar-refractivity contribution in [1.29, 1.82) is 0 Å². The van der Waals surface area contributed by atoms with Crippen LogP contribution in [0.15, 0.2) is 66.9 Å². The van der Waals surface area contributed by atoms with E-state index in [2.05, 4.69) is 52.6 Å². The number of thiophene rings is 1. The molecule has 0 spiro atoms. The van der Waals surface area contributed by atoms with E-state index in [-0.39, 0.29) is 5.75 Å². The first-order valence-corrected chi connectivity index (χ1v) is 10.7. The van der Waals surface area contributed by atoms with Crippen LogP contribution < -0.4 is 5.32 Å². The van der Waals surface area contributed by atoms with Crippen LogP contribution in [0.3, 0.4) is 0 Å². The van der Waals surface area contributed by atoms with Gasteiger partial charge in [-0.3, -0.25) is 9.88 Å². The van der Waals surface area contributed by atoms with Crippen LogP contribution in [0, 0.1) is 0 Å². The minimum atomic E-state index is 0.240. The Bertz CT molecular complexity index is 1140. The van der Waals surface area contributed by atoms with Gasteiger partial charge in [0.1, 0.15) is 5.75 Å². The SMILES string of the molecule is COCCN(C)Cc1cccc(-c2cc3nccc(Nc4cccc(O)c4)c3s2)c1. The van der Waals surface area contributed by atoms with Gasteiger partial charge in [-0.2, -0.15) is 0 Å². The number of ether oxygens (including phenoxy) is 1. The van der Waals surface area contributed by atoms with Crippen LogP contribution in [0.4, 0.5) is 11.4 Å². The van der Waals surface area contributed by atoms with Crippen LogP contribution in [0.5, 0.6) is 5.75 Å². The molecule has 0 atom stereocenters. The zero-order valence-electron chi connectivity index (χ0n) is 17.1. The molecule has 154 valence electrons. The minimum Gasteiger partial charge on any atom is -0.508 e. The predicted octanol–water partition coefficient (Wildman–Crippen LogP) is 5.49. The lowest BCUT2D eigenvalue weighted by molar-refractivity contribution is 0.158. The van der Waals surface area contributed by atoms with Gasteiger partial charge in [0.05, 0.1) is 22.5 Å². The Morgan fingerprint density at radius 1 is 1.10 bits per heavy atom. The lowest BCUT2D eigenvalue weighted by Gasteiger charge is -2.16. The van der Waals surface area contributed by atoms with E-state index < -0.39 is 0 Å². The third kappa shape index (κ3) is 4.79. The van der Waals surface area contributed by atoms with Gasteiger partial charge in [-0.1, -0.05) is 24.3 Å². The summed E-state index contributed by atoms with van der Waals surface area (Å²) in [4.78, 5) is 7.99. The minimum absolute atomic E-state index is 0.240. The van der Waals surface area contributed by atoms with Gasteiger partial charge in [0.2, 0.25) is 0 Å². The number of phenolic OH excluding ortho intramolecular Hbond substituents is 1. The van der Waals surface area contributed by atoms with E-state index in [1.54, 1.807) is 30.6 Å². The molecule has 6 heteroatoms. The lowest BCUT2D eigenvalue weighted by atomic mass is 10.1. The summed E-state index contributed by atoms with van der Waals surface area (Å²) in [5.74, 6) is 0.240. The second-order valence-electron chi connectivity index (χ2n) is 7.29. The summed E-state index contributed by atoms with van der Waals surface area (Å²) in [7, 11) is 3.84. The molecule has 4 aromatic rings. The number of hydrogen-bond donors (Lipinski definition) is 2. The number of rotatable bonds is 8. The second kappa shape index (κ2) is 9.26. The van der Waals surface area contributed by atoms with Crippen LogP contribution in [0.2, 0.25) is 0 Å². The molecule has 0 radical (unpaired) electrons. The Kier molecular flexibility index (Phi) is 6.28. The Hall–Kier alpha value is -2.93. The maximum absolute atomic E-state index is 9.73. The first kappa shape index (κ1) is 20.3. The number of aromatic nitrogens is 1. The van der Waals surface area contributed by atoms with Gasteiger partial charge < -0.3 is 15.2 Å². The molecule has 4 rings (SSSR count).